The van der Waals surface area contributed by atoms with E-state index in [0.717, 1.165) is 37.9 Å². The molecule has 0 aromatic heterocycles. The molecule has 1 N–H and O–H groups in total. The van der Waals surface area contributed by atoms with E-state index >= 15 is 0 Å². The summed E-state index contributed by atoms with van der Waals surface area (Å²) in [5.41, 5.74) is 4.59. The SMILES string of the molecule is CC[C@]12CC[C@H]3C(=CCC4=C3CC=C(OC)C4)[C@@H]1CC[C@]2(C)O. The molecule has 2 nitrogen and oxygen atoms in total. The van der Waals surface area contributed by atoms with Crippen LogP contribution in [0.4, 0.5) is 0 Å². The number of ether oxygens (including phenoxy) is 1. The van der Waals surface area contributed by atoms with E-state index in [9.17, 15) is 5.11 Å². The molecule has 126 valence electrons. The summed E-state index contributed by atoms with van der Waals surface area (Å²) in [5.74, 6) is 2.39. The first kappa shape index (κ1) is 15.5. The number of allylic oxidation sites excluding steroid dienone is 5. The smallest absolute Gasteiger partial charge is 0.0959 e. The second-order valence-corrected chi connectivity index (χ2v) is 8.26. The van der Waals surface area contributed by atoms with Crippen molar-refractivity contribution in [2.45, 2.75) is 70.8 Å². The number of aliphatic hydroxyl groups is 1. The van der Waals surface area contributed by atoms with Gasteiger partial charge in [-0.3, -0.25) is 0 Å². The topological polar surface area (TPSA) is 29.5 Å². The Balaban J connectivity index is 1.65. The Hall–Kier alpha value is -1.02. The van der Waals surface area contributed by atoms with E-state index in [1.165, 1.54) is 19.3 Å². The second-order valence-electron chi connectivity index (χ2n) is 8.26. The van der Waals surface area contributed by atoms with Gasteiger partial charge in [-0.15, -0.1) is 0 Å². The molecule has 0 unspecified atom stereocenters. The number of methoxy groups -OCH3 is 1. The van der Waals surface area contributed by atoms with Crippen LogP contribution < -0.4 is 0 Å². The molecule has 0 bridgehead atoms. The molecule has 2 fully saturated rings. The minimum atomic E-state index is -0.484. The van der Waals surface area contributed by atoms with Crippen LogP contribution in [0, 0.1) is 17.3 Å². The van der Waals surface area contributed by atoms with Crippen molar-refractivity contribution in [3.8, 4) is 0 Å². The van der Waals surface area contributed by atoms with E-state index in [1.807, 2.05) is 0 Å². The molecular weight excluding hydrogens is 284 g/mol. The molecule has 23 heavy (non-hydrogen) atoms. The van der Waals surface area contributed by atoms with Gasteiger partial charge in [-0.05, 0) is 63.9 Å². The third kappa shape index (κ3) is 2.03. The first-order valence-corrected chi connectivity index (χ1v) is 9.38. The van der Waals surface area contributed by atoms with Crippen LogP contribution in [0.2, 0.25) is 0 Å². The zero-order valence-corrected chi connectivity index (χ0v) is 14.8. The molecule has 4 rings (SSSR count). The van der Waals surface area contributed by atoms with Crippen LogP contribution in [-0.4, -0.2) is 17.8 Å². The highest BCUT2D eigenvalue weighted by Gasteiger charge is 2.59. The van der Waals surface area contributed by atoms with Crippen LogP contribution in [-0.2, 0) is 4.74 Å². The molecule has 0 spiro atoms. The molecule has 2 saturated carbocycles. The minimum absolute atomic E-state index is 0.121. The molecule has 4 aliphatic rings. The van der Waals surface area contributed by atoms with Gasteiger partial charge < -0.3 is 9.84 Å². The highest BCUT2D eigenvalue weighted by Crippen LogP contribution is 2.64. The van der Waals surface area contributed by atoms with Crippen molar-refractivity contribution < 1.29 is 9.84 Å². The van der Waals surface area contributed by atoms with Crippen LogP contribution in [0.25, 0.3) is 0 Å². The molecule has 0 aromatic rings. The molecule has 2 heteroatoms. The Morgan fingerprint density at radius 3 is 2.78 bits per heavy atom. The van der Waals surface area contributed by atoms with Gasteiger partial charge in [0.05, 0.1) is 18.5 Å². The van der Waals surface area contributed by atoms with Gasteiger partial charge in [0.2, 0.25) is 0 Å². The number of hydrogen-bond acceptors (Lipinski definition) is 2. The van der Waals surface area contributed by atoms with Crippen molar-refractivity contribution in [3.63, 3.8) is 0 Å². The molecule has 0 aliphatic heterocycles. The van der Waals surface area contributed by atoms with Crippen LogP contribution >= 0.6 is 0 Å². The predicted molar refractivity (Wildman–Crippen MR) is 92.8 cm³/mol. The summed E-state index contributed by atoms with van der Waals surface area (Å²) in [6.07, 6.45) is 13.6. The lowest BCUT2D eigenvalue weighted by Crippen LogP contribution is -2.48. The maximum atomic E-state index is 11.1. The second kappa shape index (κ2) is 5.24. The van der Waals surface area contributed by atoms with Gasteiger partial charge in [0.1, 0.15) is 0 Å². The van der Waals surface area contributed by atoms with E-state index < -0.39 is 5.60 Å². The van der Waals surface area contributed by atoms with Crippen molar-refractivity contribution in [1.82, 2.24) is 0 Å². The van der Waals surface area contributed by atoms with E-state index in [-0.39, 0.29) is 5.41 Å². The van der Waals surface area contributed by atoms with Gasteiger partial charge in [0, 0.05) is 17.8 Å². The average molecular weight is 314 g/mol. The van der Waals surface area contributed by atoms with Gasteiger partial charge in [0.25, 0.3) is 0 Å². The number of rotatable bonds is 2. The largest absolute Gasteiger partial charge is 0.501 e. The molecule has 0 saturated heterocycles. The summed E-state index contributed by atoms with van der Waals surface area (Å²) >= 11 is 0. The van der Waals surface area contributed by atoms with Crippen molar-refractivity contribution >= 4 is 0 Å². The van der Waals surface area contributed by atoms with Crippen LogP contribution in [0.3, 0.4) is 0 Å². The van der Waals surface area contributed by atoms with E-state index in [4.69, 9.17) is 4.74 Å². The molecule has 0 amide bonds. The third-order valence-corrected chi connectivity index (χ3v) is 7.63. The Morgan fingerprint density at radius 2 is 2.04 bits per heavy atom. The number of hydrogen-bond donors (Lipinski definition) is 1. The monoisotopic (exact) mass is 314 g/mol. The molecular formula is C21H30O2. The maximum absolute atomic E-state index is 11.1. The van der Waals surface area contributed by atoms with Gasteiger partial charge in [-0.2, -0.15) is 0 Å². The minimum Gasteiger partial charge on any atom is -0.501 e. The summed E-state index contributed by atoms with van der Waals surface area (Å²) in [4.78, 5) is 0. The van der Waals surface area contributed by atoms with Crippen molar-refractivity contribution in [1.29, 1.82) is 0 Å². The highest BCUT2D eigenvalue weighted by atomic mass is 16.5. The fourth-order valence-corrected chi connectivity index (χ4v) is 6.28. The Kier molecular flexibility index (Phi) is 3.53. The lowest BCUT2D eigenvalue weighted by molar-refractivity contribution is -0.0774. The van der Waals surface area contributed by atoms with Gasteiger partial charge >= 0.3 is 0 Å². The summed E-state index contributed by atoms with van der Waals surface area (Å²) in [5, 5.41) is 11.1. The maximum Gasteiger partial charge on any atom is 0.0959 e. The lowest BCUT2D eigenvalue weighted by atomic mass is 9.54. The van der Waals surface area contributed by atoms with Gasteiger partial charge in [-0.1, -0.05) is 29.7 Å². The van der Waals surface area contributed by atoms with E-state index in [0.29, 0.717) is 11.8 Å². The van der Waals surface area contributed by atoms with E-state index in [2.05, 4.69) is 26.0 Å². The molecule has 4 aliphatic carbocycles. The zero-order chi connectivity index (χ0) is 16.2. The predicted octanol–water partition coefficient (Wildman–Crippen LogP) is 4.90. The number of fused-ring (bicyclic) bond motifs is 4. The lowest BCUT2D eigenvalue weighted by Gasteiger charge is -2.51. The molecule has 4 atom stereocenters. The molecule has 0 radical (unpaired) electrons. The quantitative estimate of drug-likeness (QED) is 0.734. The fourth-order valence-electron chi connectivity index (χ4n) is 6.28. The highest BCUT2D eigenvalue weighted by molar-refractivity contribution is 5.42. The Labute approximate surface area is 140 Å². The van der Waals surface area contributed by atoms with Crippen molar-refractivity contribution in [3.05, 3.63) is 34.6 Å². The average Bonchev–Trinajstić information content (AvgIpc) is 2.85. The first-order valence-electron chi connectivity index (χ1n) is 9.38. The fraction of sp³-hybridized carbons (Fsp3) is 0.714. The third-order valence-electron chi connectivity index (χ3n) is 7.63. The Morgan fingerprint density at radius 1 is 1.22 bits per heavy atom. The summed E-state index contributed by atoms with van der Waals surface area (Å²) in [6.45, 7) is 4.38. The van der Waals surface area contributed by atoms with Gasteiger partial charge in [0.15, 0.2) is 0 Å². The molecule has 0 heterocycles. The van der Waals surface area contributed by atoms with E-state index in [1.54, 1.807) is 23.8 Å². The summed E-state index contributed by atoms with van der Waals surface area (Å²) in [6, 6.07) is 0. The normalized spacial score (nSPS) is 42.4. The Bertz CT molecular complexity index is 607. The summed E-state index contributed by atoms with van der Waals surface area (Å²) < 4.78 is 5.48. The standard InChI is InChI=1S/C21H30O2/c1-4-21-12-9-17-16-8-6-15(23-3)13-14(16)5-7-18(17)19(21)10-11-20(21,2)22/h6-7,17,19,22H,4-5,8-13H2,1-3H3/t17-,19+,20+,21+/m1/s1. The zero-order valence-electron chi connectivity index (χ0n) is 14.8. The van der Waals surface area contributed by atoms with Crippen molar-refractivity contribution in [2.24, 2.45) is 17.3 Å². The van der Waals surface area contributed by atoms with Crippen LogP contribution in [0.5, 0.6) is 0 Å². The van der Waals surface area contributed by atoms with Crippen LogP contribution in [0.1, 0.15) is 65.2 Å². The van der Waals surface area contributed by atoms with Crippen LogP contribution in [0.15, 0.2) is 34.6 Å². The first-order chi connectivity index (χ1) is 11.0. The molecule has 0 aromatic carbocycles. The summed E-state index contributed by atoms with van der Waals surface area (Å²) in [7, 11) is 1.79. The van der Waals surface area contributed by atoms with Gasteiger partial charge in [-0.25, -0.2) is 0 Å². The van der Waals surface area contributed by atoms with Crippen molar-refractivity contribution in [2.75, 3.05) is 7.11 Å².